The largest absolute Gasteiger partial charge is 0.385 e. The number of hydrogen-bond donors (Lipinski definition) is 2. The number of aliphatic hydroxyl groups is 1. The van der Waals surface area contributed by atoms with Crippen LogP contribution in [0.2, 0.25) is 0 Å². The average Bonchev–Trinajstić information content (AvgIpc) is 2.62. The summed E-state index contributed by atoms with van der Waals surface area (Å²) < 4.78 is 29.8. The van der Waals surface area contributed by atoms with Gasteiger partial charge in [-0.1, -0.05) is 96.8 Å². The van der Waals surface area contributed by atoms with E-state index in [1.165, 1.54) is 77.0 Å². The van der Waals surface area contributed by atoms with Crippen molar-refractivity contribution in [3.05, 3.63) is 0 Å². The Hall–Kier alpha value is -0.460. The quantitative estimate of drug-likeness (QED) is 0.207. The smallest absolute Gasteiger partial charge is 0.264 e. The molecule has 1 atom stereocenters. The fourth-order valence-corrected chi connectivity index (χ4v) is 3.78. The molecule has 27 heavy (non-hydrogen) atoms. The zero-order chi connectivity index (χ0) is 20.4. The molecule has 0 bridgehead atoms. The van der Waals surface area contributed by atoms with Crippen molar-refractivity contribution in [2.24, 2.45) is 0 Å². The van der Waals surface area contributed by atoms with E-state index in [1.807, 2.05) is 0 Å². The maximum atomic E-state index is 11.7. The molecule has 0 aliphatic heterocycles. The lowest BCUT2D eigenvalue weighted by molar-refractivity contribution is -0.127. The van der Waals surface area contributed by atoms with Crippen LogP contribution in [0.3, 0.4) is 0 Å². The van der Waals surface area contributed by atoms with Gasteiger partial charge in [0.2, 0.25) is 0 Å². The molecule has 5 nitrogen and oxygen atoms in total. The van der Waals surface area contributed by atoms with Gasteiger partial charge in [0.05, 0.1) is 5.75 Å². The van der Waals surface area contributed by atoms with Crippen molar-refractivity contribution in [3.63, 3.8) is 0 Å². The molecule has 0 saturated heterocycles. The zero-order valence-electron chi connectivity index (χ0n) is 17.3. The van der Waals surface area contributed by atoms with Crippen molar-refractivity contribution in [2.45, 2.75) is 122 Å². The minimum Gasteiger partial charge on any atom is -0.385 e. The van der Waals surface area contributed by atoms with E-state index in [9.17, 15) is 18.3 Å². The summed E-state index contributed by atoms with van der Waals surface area (Å²) in [6.07, 6.45) is 17.6. The number of hydrogen-bond acceptors (Lipinski definition) is 4. The van der Waals surface area contributed by atoms with Gasteiger partial charge in [0.15, 0.2) is 5.78 Å². The Morgan fingerprint density at radius 2 is 1.11 bits per heavy atom. The van der Waals surface area contributed by atoms with E-state index in [0.29, 0.717) is 0 Å². The van der Waals surface area contributed by atoms with E-state index >= 15 is 0 Å². The molecule has 162 valence electrons. The topological polar surface area (TPSA) is 91.7 Å². The van der Waals surface area contributed by atoms with Gasteiger partial charge in [-0.15, -0.1) is 0 Å². The molecule has 6 heteroatoms. The van der Waals surface area contributed by atoms with Gasteiger partial charge in [-0.2, -0.15) is 8.42 Å². The minimum atomic E-state index is -4.12. The molecular formula is C21H42O5S. The normalized spacial score (nSPS) is 13.0. The van der Waals surface area contributed by atoms with Crippen LogP contribution in [0.4, 0.5) is 0 Å². The molecule has 0 aromatic carbocycles. The molecule has 0 aliphatic rings. The Balaban J connectivity index is 3.32. The van der Waals surface area contributed by atoms with E-state index in [0.717, 1.165) is 19.3 Å². The molecule has 2 N–H and O–H groups in total. The van der Waals surface area contributed by atoms with Crippen molar-refractivity contribution in [1.82, 2.24) is 0 Å². The van der Waals surface area contributed by atoms with E-state index < -0.39 is 22.0 Å². The Kier molecular flexibility index (Phi) is 17.3. The van der Waals surface area contributed by atoms with Gasteiger partial charge in [-0.25, -0.2) is 0 Å². The number of aliphatic hydroxyl groups excluding tert-OH is 1. The highest BCUT2D eigenvalue weighted by molar-refractivity contribution is 7.85. The van der Waals surface area contributed by atoms with Crippen LogP contribution in [0.1, 0.15) is 116 Å². The summed E-state index contributed by atoms with van der Waals surface area (Å²) in [6, 6.07) is 0. The van der Waals surface area contributed by atoms with Gasteiger partial charge >= 0.3 is 0 Å². The number of carbonyl (C=O) groups excluding carboxylic acids is 1. The molecule has 0 heterocycles. The average molecular weight is 407 g/mol. The van der Waals surface area contributed by atoms with E-state index in [1.54, 1.807) is 0 Å². The van der Waals surface area contributed by atoms with Gasteiger partial charge in [0.25, 0.3) is 10.1 Å². The first-order chi connectivity index (χ1) is 12.9. The highest BCUT2D eigenvalue weighted by Crippen LogP contribution is 2.14. The lowest BCUT2D eigenvalue weighted by atomic mass is 10.0. The maximum Gasteiger partial charge on any atom is 0.264 e. The standard InChI is InChI=1S/C21H42O5S/c1-2-3-4-5-6-7-8-9-10-11-12-13-14-15-16-17-20(22)21(23)18-19-27(24,25)26/h21,23H,2-19H2,1H3,(H,24,25,26). The van der Waals surface area contributed by atoms with Gasteiger partial charge in [-0.3, -0.25) is 9.35 Å². The molecule has 0 amide bonds. The fourth-order valence-electron chi connectivity index (χ4n) is 3.26. The Labute approximate surface area is 167 Å². The van der Waals surface area contributed by atoms with E-state index in [2.05, 4.69) is 6.92 Å². The van der Waals surface area contributed by atoms with Crippen molar-refractivity contribution in [1.29, 1.82) is 0 Å². The number of unbranched alkanes of at least 4 members (excludes halogenated alkanes) is 14. The van der Waals surface area contributed by atoms with Crippen molar-refractivity contribution in [3.8, 4) is 0 Å². The SMILES string of the molecule is CCCCCCCCCCCCCCCCCC(=O)C(O)CCS(=O)(=O)O. The highest BCUT2D eigenvalue weighted by atomic mass is 32.2. The first kappa shape index (κ1) is 26.5. The van der Waals surface area contributed by atoms with Crippen LogP contribution in [0.5, 0.6) is 0 Å². The molecule has 0 aromatic rings. The molecule has 0 aromatic heterocycles. The Morgan fingerprint density at radius 3 is 1.48 bits per heavy atom. The van der Waals surface area contributed by atoms with Crippen LogP contribution >= 0.6 is 0 Å². The van der Waals surface area contributed by atoms with Crippen LogP contribution in [-0.2, 0) is 14.9 Å². The second kappa shape index (κ2) is 17.6. The summed E-state index contributed by atoms with van der Waals surface area (Å²) in [5, 5.41) is 9.57. The third kappa shape index (κ3) is 20.1. The molecule has 1 unspecified atom stereocenters. The summed E-state index contributed by atoms with van der Waals surface area (Å²) in [7, 11) is -4.12. The van der Waals surface area contributed by atoms with Gasteiger partial charge in [-0.05, 0) is 12.8 Å². The van der Waals surface area contributed by atoms with Gasteiger partial charge < -0.3 is 5.11 Å². The predicted molar refractivity (Wildman–Crippen MR) is 112 cm³/mol. The first-order valence-corrected chi connectivity index (χ1v) is 12.6. The third-order valence-corrected chi connectivity index (χ3v) is 5.80. The second-order valence-electron chi connectivity index (χ2n) is 7.76. The predicted octanol–water partition coefficient (Wildman–Crippen LogP) is 5.46. The van der Waals surface area contributed by atoms with Crippen LogP contribution < -0.4 is 0 Å². The molecule has 0 saturated carbocycles. The molecule has 0 aliphatic carbocycles. The second-order valence-corrected chi connectivity index (χ2v) is 9.33. The maximum absolute atomic E-state index is 11.7. The summed E-state index contributed by atoms with van der Waals surface area (Å²) in [6.45, 7) is 2.25. The van der Waals surface area contributed by atoms with Crippen LogP contribution in [0, 0.1) is 0 Å². The fraction of sp³-hybridized carbons (Fsp3) is 0.952. The molecule has 0 spiro atoms. The summed E-state index contributed by atoms with van der Waals surface area (Å²) in [5.74, 6) is -0.896. The Morgan fingerprint density at radius 1 is 0.741 bits per heavy atom. The number of rotatable bonds is 20. The van der Waals surface area contributed by atoms with Gasteiger partial charge in [0, 0.05) is 6.42 Å². The van der Waals surface area contributed by atoms with E-state index in [4.69, 9.17) is 4.55 Å². The highest BCUT2D eigenvalue weighted by Gasteiger charge is 2.17. The number of carbonyl (C=O) groups is 1. The van der Waals surface area contributed by atoms with Crippen LogP contribution in [-0.4, -0.2) is 35.7 Å². The summed E-state index contributed by atoms with van der Waals surface area (Å²) in [5.41, 5.74) is 0. The zero-order valence-corrected chi connectivity index (χ0v) is 18.1. The number of ketones is 1. The summed E-state index contributed by atoms with van der Waals surface area (Å²) >= 11 is 0. The first-order valence-electron chi connectivity index (χ1n) is 11.0. The molecular weight excluding hydrogens is 364 g/mol. The number of Topliss-reactive ketones (excluding diaryl/α,β-unsaturated/α-hetero) is 1. The molecule has 0 rings (SSSR count). The summed E-state index contributed by atoms with van der Waals surface area (Å²) in [4.78, 5) is 11.7. The van der Waals surface area contributed by atoms with Crippen LogP contribution in [0.15, 0.2) is 0 Å². The minimum absolute atomic E-state index is 0.226. The monoisotopic (exact) mass is 406 g/mol. The van der Waals surface area contributed by atoms with Crippen LogP contribution in [0.25, 0.3) is 0 Å². The molecule has 0 fully saturated rings. The van der Waals surface area contributed by atoms with Crippen molar-refractivity contribution in [2.75, 3.05) is 5.75 Å². The molecule has 0 radical (unpaired) electrons. The van der Waals surface area contributed by atoms with E-state index in [-0.39, 0.29) is 18.6 Å². The Bertz CT molecular complexity index is 447. The lowest BCUT2D eigenvalue weighted by Crippen LogP contribution is -2.23. The van der Waals surface area contributed by atoms with Gasteiger partial charge in [0.1, 0.15) is 6.10 Å². The van der Waals surface area contributed by atoms with Crippen molar-refractivity contribution >= 4 is 15.9 Å². The lowest BCUT2D eigenvalue weighted by Gasteiger charge is -2.08. The third-order valence-electron chi connectivity index (χ3n) is 5.05. The van der Waals surface area contributed by atoms with Crippen molar-refractivity contribution < 1.29 is 22.9 Å².